The molecule has 1 saturated carbocycles. The van der Waals surface area contributed by atoms with Crippen molar-refractivity contribution >= 4 is 11.9 Å². The van der Waals surface area contributed by atoms with Gasteiger partial charge in [0.25, 0.3) is 0 Å². The number of benzene rings is 1. The third kappa shape index (κ3) is 5.23. The van der Waals surface area contributed by atoms with Gasteiger partial charge in [0, 0.05) is 18.7 Å². The van der Waals surface area contributed by atoms with Gasteiger partial charge >= 0.3 is 11.9 Å². The van der Waals surface area contributed by atoms with Crippen molar-refractivity contribution in [2.75, 3.05) is 26.2 Å². The van der Waals surface area contributed by atoms with Crippen LogP contribution in [0, 0.1) is 17.8 Å². The van der Waals surface area contributed by atoms with E-state index in [9.17, 15) is 14.7 Å². The molecule has 1 aliphatic carbocycles. The van der Waals surface area contributed by atoms with Crippen molar-refractivity contribution in [3.8, 4) is 11.4 Å². The maximum Gasteiger partial charge on any atom is 0.323 e. The van der Waals surface area contributed by atoms with Crippen molar-refractivity contribution in [1.29, 1.82) is 0 Å². The second kappa shape index (κ2) is 10.4. The number of likely N-dealkylation sites (tertiary alicyclic amines) is 1. The number of fused-ring (bicyclic) bond motifs is 1. The minimum Gasteiger partial charge on any atom is -0.480 e. The van der Waals surface area contributed by atoms with Gasteiger partial charge in [-0.3, -0.25) is 14.5 Å². The quantitative estimate of drug-likeness (QED) is 0.571. The zero-order valence-corrected chi connectivity index (χ0v) is 20.1. The molecule has 0 bridgehead atoms. The van der Waals surface area contributed by atoms with Gasteiger partial charge < -0.3 is 15.2 Å². The van der Waals surface area contributed by atoms with E-state index in [4.69, 9.17) is 4.74 Å². The van der Waals surface area contributed by atoms with Crippen LogP contribution in [-0.4, -0.2) is 80.5 Å². The summed E-state index contributed by atoms with van der Waals surface area (Å²) in [4.78, 5) is 28.2. The van der Waals surface area contributed by atoms with Crippen molar-refractivity contribution < 1.29 is 19.4 Å². The first-order valence-electron chi connectivity index (χ1n) is 12.7. The maximum absolute atomic E-state index is 12.8. The molecule has 10 nitrogen and oxygen atoms in total. The van der Waals surface area contributed by atoms with Gasteiger partial charge in [-0.15, -0.1) is 10.2 Å². The van der Waals surface area contributed by atoms with E-state index in [1.54, 1.807) is 4.80 Å². The van der Waals surface area contributed by atoms with E-state index < -0.39 is 12.0 Å². The summed E-state index contributed by atoms with van der Waals surface area (Å²) in [6.45, 7) is 4.43. The molecule has 5 rings (SSSR count). The van der Waals surface area contributed by atoms with Crippen LogP contribution >= 0.6 is 0 Å². The van der Waals surface area contributed by atoms with Crippen molar-refractivity contribution in [3.63, 3.8) is 0 Å². The SMILES string of the molecule is CCOC(=O)[C@@H]1C[C@H](n2nnc(-c3ccccc3)n2)CN1C[C@H]1CC[C@H]2CN[C@H](C(=O)O)C[C@H]2C1. The predicted molar refractivity (Wildman–Crippen MR) is 127 cm³/mol. The Balaban J connectivity index is 1.27. The summed E-state index contributed by atoms with van der Waals surface area (Å²) >= 11 is 0. The van der Waals surface area contributed by atoms with Crippen LogP contribution in [0.3, 0.4) is 0 Å². The minimum absolute atomic E-state index is 0.0546. The third-order valence-electron chi connectivity index (χ3n) is 7.93. The number of nitrogens with one attached hydrogen (secondary N) is 1. The molecular formula is C25H34N6O4. The van der Waals surface area contributed by atoms with Crippen LogP contribution in [0.2, 0.25) is 0 Å². The van der Waals surface area contributed by atoms with Crippen LogP contribution in [0.25, 0.3) is 11.4 Å². The lowest BCUT2D eigenvalue weighted by Gasteiger charge is -2.42. The maximum atomic E-state index is 12.8. The summed E-state index contributed by atoms with van der Waals surface area (Å²) in [5.74, 6) is 1.02. The average molecular weight is 483 g/mol. The number of hydrogen-bond donors (Lipinski definition) is 2. The Bertz CT molecular complexity index is 1030. The standard InChI is InChI=1S/C25H34N6O4/c1-2-35-25(34)22-12-20(31-28-23(27-29-31)17-6-4-3-5-7-17)15-30(22)14-16-8-9-18-13-26-21(24(32)33)11-19(18)10-16/h3-7,16,18-22,26H,2,8-15H2,1H3,(H,32,33)/t16-,18-,19+,20-,21-,22-/m0/s1. The summed E-state index contributed by atoms with van der Waals surface area (Å²) < 4.78 is 5.41. The number of nitrogens with zero attached hydrogens (tertiary/aromatic N) is 5. The molecule has 35 heavy (non-hydrogen) atoms. The Morgan fingerprint density at radius 2 is 1.97 bits per heavy atom. The van der Waals surface area contributed by atoms with Gasteiger partial charge in [-0.05, 0) is 68.5 Å². The molecule has 2 aliphatic heterocycles. The first-order valence-corrected chi connectivity index (χ1v) is 12.7. The highest BCUT2D eigenvalue weighted by atomic mass is 16.5. The number of rotatable bonds is 7. The van der Waals surface area contributed by atoms with E-state index in [1.165, 1.54) is 0 Å². The van der Waals surface area contributed by atoms with Gasteiger partial charge in [0.2, 0.25) is 5.82 Å². The minimum atomic E-state index is -0.759. The smallest absolute Gasteiger partial charge is 0.323 e. The molecule has 1 aromatic heterocycles. The number of piperidine rings is 1. The molecule has 188 valence electrons. The van der Waals surface area contributed by atoms with Crippen molar-refractivity contribution in [1.82, 2.24) is 30.4 Å². The predicted octanol–water partition coefficient (Wildman–Crippen LogP) is 2.00. The van der Waals surface area contributed by atoms with E-state index in [-0.39, 0.29) is 18.1 Å². The number of carboxylic acid groups (broad SMARTS) is 1. The molecular weight excluding hydrogens is 448 g/mol. The normalized spacial score (nSPS) is 31.1. The fraction of sp³-hybridized carbons (Fsp3) is 0.640. The van der Waals surface area contributed by atoms with E-state index in [2.05, 4.69) is 25.6 Å². The van der Waals surface area contributed by atoms with Crippen LogP contribution in [0.1, 0.15) is 45.1 Å². The topological polar surface area (TPSA) is 122 Å². The number of tetrazole rings is 1. The van der Waals surface area contributed by atoms with Gasteiger partial charge in [-0.25, -0.2) is 0 Å². The van der Waals surface area contributed by atoms with Crippen LogP contribution in [0.15, 0.2) is 30.3 Å². The highest BCUT2D eigenvalue weighted by Crippen LogP contribution is 2.40. The molecule has 0 spiro atoms. The molecule has 0 amide bonds. The van der Waals surface area contributed by atoms with E-state index >= 15 is 0 Å². The Labute approximate surface area is 205 Å². The van der Waals surface area contributed by atoms with Crippen molar-refractivity contribution in [2.45, 2.75) is 57.2 Å². The molecule has 3 fully saturated rings. The van der Waals surface area contributed by atoms with Crippen LogP contribution < -0.4 is 5.32 Å². The number of esters is 1. The van der Waals surface area contributed by atoms with Gasteiger partial charge in [0.05, 0.1) is 12.6 Å². The fourth-order valence-electron chi connectivity index (χ4n) is 6.16. The number of aromatic nitrogens is 4. The van der Waals surface area contributed by atoms with Crippen molar-refractivity contribution in [2.24, 2.45) is 17.8 Å². The first kappa shape index (κ1) is 23.9. The molecule has 0 unspecified atom stereocenters. The van der Waals surface area contributed by atoms with Crippen molar-refractivity contribution in [3.05, 3.63) is 30.3 Å². The molecule has 2 N–H and O–H groups in total. The highest BCUT2D eigenvalue weighted by Gasteiger charge is 2.43. The zero-order chi connectivity index (χ0) is 24.4. The van der Waals surface area contributed by atoms with Crippen LogP contribution in [0.4, 0.5) is 0 Å². The third-order valence-corrected chi connectivity index (χ3v) is 7.93. The largest absolute Gasteiger partial charge is 0.480 e. The molecule has 6 atom stereocenters. The molecule has 10 heteroatoms. The molecule has 0 radical (unpaired) electrons. The molecule has 2 saturated heterocycles. The monoisotopic (exact) mass is 482 g/mol. The van der Waals surface area contributed by atoms with Gasteiger partial charge in [-0.1, -0.05) is 30.3 Å². The van der Waals surface area contributed by atoms with E-state index in [0.29, 0.717) is 49.6 Å². The van der Waals surface area contributed by atoms with Gasteiger partial charge in [0.1, 0.15) is 12.1 Å². The number of aliphatic carboxylic acids is 1. The summed E-state index contributed by atoms with van der Waals surface area (Å²) in [7, 11) is 0. The molecule has 3 heterocycles. The zero-order valence-electron chi connectivity index (χ0n) is 20.1. The number of ether oxygens (including phenoxy) is 1. The lowest BCUT2D eigenvalue weighted by Crippen LogP contribution is -2.50. The van der Waals surface area contributed by atoms with Crippen LogP contribution in [-0.2, 0) is 14.3 Å². The summed E-state index contributed by atoms with van der Waals surface area (Å²) in [5, 5.41) is 25.8. The Kier molecular flexibility index (Phi) is 7.10. The highest BCUT2D eigenvalue weighted by molar-refractivity contribution is 5.76. The number of carbonyl (C=O) groups excluding carboxylic acids is 1. The Morgan fingerprint density at radius 1 is 1.14 bits per heavy atom. The van der Waals surface area contributed by atoms with Gasteiger partial charge in [0.15, 0.2) is 0 Å². The average Bonchev–Trinajstić information content (AvgIpc) is 3.52. The number of hydrogen-bond acceptors (Lipinski definition) is 8. The van der Waals surface area contributed by atoms with Gasteiger partial charge in [-0.2, -0.15) is 4.80 Å². The molecule has 1 aromatic carbocycles. The van der Waals surface area contributed by atoms with E-state index in [1.807, 2.05) is 37.3 Å². The summed E-state index contributed by atoms with van der Waals surface area (Å²) in [6, 6.07) is 8.91. The molecule has 2 aromatic rings. The second-order valence-electron chi connectivity index (χ2n) is 10.1. The summed E-state index contributed by atoms with van der Waals surface area (Å²) in [6.07, 6.45) is 4.48. The molecule has 3 aliphatic rings. The van der Waals surface area contributed by atoms with E-state index in [0.717, 1.165) is 37.9 Å². The lowest BCUT2D eigenvalue weighted by atomic mass is 9.69. The number of carboxylic acids is 1. The second-order valence-corrected chi connectivity index (χ2v) is 10.1. The Hall–Kier alpha value is -2.85. The Morgan fingerprint density at radius 3 is 2.74 bits per heavy atom. The number of carbonyl (C=O) groups is 2. The first-order chi connectivity index (χ1) is 17.0. The fourth-order valence-corrected chi connectivity index (χ4v) is 6.16. The van der Waals surface area contributed by atoms with Crippen LogP contribution in [0.5, 0.6) is 0 Å². The summed E-state index contributed by atoms with van der Waals surface area (Å²) in [5.41, 5.74) is 0.911. The lowest BCUT2D eigenvalue weighted by molar-refractivity contribution is -0.149.